The average molecular weight is 277 g/mol. The molecule has 0 spiro atoms. The Labute approximate surface area is 120 Å². The van der Waals surface area contributed by atoms with E-state index in [4.69, 9.17) is 4.74 Å². The first-order chi connectivity index (χ1) is 9.65. The predicted octanol–water partition coefficient (Wildman–Crippen LogP) is 2.15. The molecule has 5 nitrogen and oxygen atoms in total. The standard InChI is InChI=1S/C15H23N3O2/c1-4-18(5-2)15(19)14-10-12(6-8-16-14)17-13-7-9-20-11(13)3/h6,8,10-11,13H,4-5,7,9H2,1-3H3,(H,16,17). The van der Waals surface area contributed by atoms with Crippen LogP contribution in [0, 0.1) is 0 Å². The summed E-state index contributed by atoms with van der Waals surface area (Å²) in [4.78, 5) is 18.2. The van der Waals surface area contributed by atoms with Crippen LogP contribution in [-0.2, 0) is 4.74 Å². The molecular formula is C15H23N3O2. The minimum atomic E-state index is -0.0191. The van der Waals surface area contributed by atoms with Crippen molar-refractivity contribution in [2.45, 2.75) is 39.3 Å². The highest BCUT2D eigenvalue weighted by Gasteiger charge is 2.24. The van der Waals surface area contributed by atoms with E-state index in [0.717, 1.165) is 18.7 Å². The van der Waals surface area contributed by atoms with Gasteiger partial charge in [0.2, 0.25) is 0 Å². The lowest BCUT2D eigenvalue weighted by Gasteiger charge is -2.20. The number of hydrogen-bond donors (Lipinski definition) is 1. The summed E-state index contributed by atoms with van der Waals surface area (Å²) in [6.45, 7) is 8.19. The minimum absolute atomic E-state index is 0.0191. The first-order valence-corrected chi connectivity index (χ1v) is 7.29. The molecule has 1 N–H and O–H groups in total. The van der Waals surface area contributed by atoms with E-state index in [1.165, 1.54) is 0 Å². The maximum absolute atomic E-state index is 12.3. The summed E-state index contributed by atoms with van der Waals surface area (Å²) in [5.41, 5.74) is 1.42. The van der Waals surface area contributed by atoms with Gasteiger partial charge in [-0.15, -0.1) is 0 Å². The lowest BCUT2D eigenvalue weighted by Crippen LogP contribution is -2.31. The summed E-state index contributed by atoms with van der Waals surface area (Å²) in [5, 5.41) is 3.43. The van der Waals surface area contributed by atoms with Crippen molar-refractivity contribution in [3.05, 3.63) is 24.0 Å². The molecule has 2 atom stereocenters. The van der Waals surface area contributed by atoms with Crippen molar-refractivity contribution >= 4 is 11.6 Å². The second kappa shape index (κ2) is 6.70. The largest absolute Gasteiger partial charge is 0.380 e. The lowest BCUT2D eigenvalue weighted by atomic mass is 10.1. The number of carbonyl (C=O) groups excluding carboxylic acids is 1. The Morgan fingerprint density at radius 1 is 1.50 bits per heavy atom. The fourth-order valence-corrected chi connectivity index (χ4v) is 2.45. The SMILES string of the molecule is CCN(CC)C(=O)c1cc(NC2CCOC2C)ccn1. The van der Waals surface area contributed by atoms with Gasteiger partial charge in [-0.1, -0.05) is 0 Å². The topological polar surface area (TPSA) is 54.5 Å². The summed E-state index contributed by atoms with van der Waals surface area (Å²) in [6.07, 6.45) is 2.87. The fraction of sp³-hybridized carbons (Fsp3) is 0.600. The first-order valence-electron chi connectivity index (χ1n) is 7.29. The molecule has 1 aromatic rings. The van der Waals surface area contributed by atoms with Gasteiger partial charge in [0.1, 0.15) is 5.69 Å². The van der Waals surface area contributed by atoms with Crippen molar-refractivity contribution in [2.24, 2.45) is 0 Å². The van der Waals surface area contributed by atoms with Crippen LogP contribution in [0.1, 0.15) is 37.7 Å². The van der Waals surface area contributed by atoms with Crippen molar-refractivity contribution in [2.75, 3.05) is 25.0 Å². The van der Waals surface area contributed by atoms with Crippen LogP contribution in [-0.4, -0.2) is 47.6 Å². The smallest absolute Gasteiger partial charge is 0.272 e. The molecule has 2 rings (SSSR count). The van der Waals surface area contributed by atoms with E-state index in [2.05, 4.69) is 17.2 Å². The van der Waals surface area contributed by atoms with E-state index in [1.807, 2.05) is 26.0 Å². The van der Waals surface area contributed by atoms with Gasteiger partial charge in [0.15, 0.2) is 0 Å². The number of anilines is 1. The average Bonchev–Trinajstić information content (AvgIpc) is 2.86. The molecule has 110 valence electrons. The van der Waals surface area contributed by atoms with Crippen LogP contribution in [0.4, 0.5) is 5.69 Å². The number of pyridine rings is 1. The van der Waals surface area contributed by atoms with Gasteiger partial charge in [-0.3, -0.25) is 9.78 Å². The van der Waals surface area contributed by atoms with E-state index in [9.17, 15) is 4.79 Å². The van der Waals surface area contributed by atoms with Crippen molar-refractivity contribution in [1.82, 2.24) is 9.88 Å². The number of rotatable bonds is 5. The van der Waals surface area contributed by atoms with Crippen LogP contribution < -0.4 is 5.32 Å². The molecule has 2 unspecified atom stereocenters. The maximum Gasteiger partial charge on any atom is 0.272 e. The molecule has 20 heavy (non-hydrogen) atoms. The minimum Gasteiger partial charge on any atom is -0.380 e. The van der Waals surface area contributed by atoms with Gasteiger partial charge in [0.25, 0.3) is 5.91 Å². The Bertz CT molecular complexity index is 460. The van der Waals surface area contributed by atoms with E-state index in [0.29, 0.717) is 24.8 Å². The molecular weight excluding hydrogens is 254 g/mol. The Morgan fingerprint density at radius 3 is 2.85 bits per heavy atom. The quantitative estimate of drug-likeness (QED) is 0.896. The second-order valence-electron chi connectivity index (χ2n) is 5.02. The van der Waals surface area contributed by atoms with Gasteiger partial charge in [0, 0.05) is 31.6 Å². The van der Waals surface area contributed by atoms with Crippen LogP contribution in [0.3, 0.4) is 0 Å². The predicted molar refractivity (Wildman–Crippen MR) is 78.9 cm³/mol. The number of nitrogens with zero attached hydrogens (tertiary/aromatic N) is 2. The van der Waals surface area contributed by atoms with Crippen molar-refractivity contribution in [3.63, 3.8) is 0 Å². The van der Waals surface area contributed by atoms with Crippen LogP contribution in [0.15, 0.2) is 18.3 Å². The van der Waals surface area contributed by atoms with E-state index < -0.39 is 0 Å². The van der Waals surface area contributed by atoms with Crippen LogP contribution in [0.25, 0.3) is 0 Å². The van der Waals surface area contributed by atoms with Gasteiger partial charge in [-0.05, 0) is 39.3 Å². The monoisotopic (exact) mass is 277 g/mol. The molecule has 2 heterocycles. The third-order valence-corrected chi connectivity index (χ3v) is 3.76. The normalized spacial score (nSPS) is 21.8. The van der Waals surface area contributed by atoms with E-state index >= 15 is 0 Å². The number of hydrogen-bond acceptors (Lipinski definition) is 4. The van der Waals surface area contributed by atoms with Crippen molar-refractivity contribution in [1.29, 1.82) is 0 Å². The molecule has 0 aliphatic carbocycles. The molecule has 0 saturated carbocycles. The Kier molecular flexibility index (Phi) is 4.95. The molecule has 0 aromatic carbocycles. The summed E-state index contributed by atoms with van der Waals surface area (Å²) in [6, 6.07) is 4.02. The van der Waals surface area contributed by atoms with Gasteiger partial charge >= 0.3 is 0 Å². The lowest BCUT2D eigenvalue weighted by molar-refractivity contribution is 0.0767. The Hall–Kier alpha value is -1.62. The number of amides is 1. The molecule has 1 saturated heterocycles. The number of nitrogens with one attached hydrogen (secondary N) is 1. The van der Waals surface area contributed by atoms with E-state index in [1.54, 1.807) is 11.1 Å². The van der Waals surface area contributed by atoms with Gasteiger partial charge < -0.3 is 15.0 Å². The molecule has 1 aliphatic rings. The summed E-state index contributed by atoms with van der Waals surface area (Å²) >= 11 is 0. The highest BCUT2D eigenvalue weighted by atomic mass is 16.5. The molecule has 1 aromatic heterocycles. The molecule has 1 fully saturated rings. The molecule has 1 aliphatic heterocycles. The van der Waals surface area contributed by atoms with Crippen molar-refractivity contribution < 1.29 is 9.53 Å². The zero-order chi connectivity index (χ0) is 14.5. The third-order valence-electron chi connectivity index (χ3n) is 3.76. The Balaban J connectivity index is 2.09. The Morgan fingerprint density at radius 2 is 2.25 bits per heavy atom. The third kappa shape index (κ3) is 3.28. The highest BCUT2D eigenvalue weighted by molar-refractivity contribution is 5.93. The van der Waals surface area contributed by atoms with Gasteiger partial charge in [0.05, 0.1) is 12.1 Å². The zero-order valence-electron chi connectivity index (χ0n) is 12.4. The number of carbonyl (C=O) groups is 1. The second-order valence-corrected chi connectivity index (χ2v) is 5.02. The summed E-state index contributed by atoms with van der Waals surface area (Å²) in [5.74, 6) is -0.0191. The van der Waals surface area contributed by atoms with Crippen LogP contribution in [0.2, 0.25) is 0 Å². The molecule has 0 radical (unpaired) electrons. The zero-order valence-corrected chi connectivity index (χ0v) is 12.4. The maximum atomic E-state index is 12.3. The first kappa shape index (κ1) is 14.8. The van der Waals surface area contributed by atoms with Crippen molar-refractivity contribution in [3.8, 4) is 0 Å². The van der Waals surface area contributed by atoms with Gasteiger partial charge in [-0.2, -0.15) is 0 Å². The highest BCUT2D eigenvalue weighted by Crippen LogP contribution is 2.19. The van der Waals surface area contributed by atoms with Crippen LogP contribution in [0.5, 0.6) is 0 Å². The van der Waals surface area contributed by atoms with Crippen LogP contribution >= 0.6 is 0 Å². The molecule has 1 amide bonds. The fourth-order valence-electron chi connectivity index (χ4n) is 2.45. The molecule has 0 bridgehead atoms. The summed E-state index contributed by atoms with van der Waals surface area (Å²) in [7, 11) is 0. The summed E-state index contributed by atoms with van der Waals surface area (Å²) < 4.78 is 5.54. The number of aromatic nitrogens is 1. The van der Waals surface area contributed by atoms with Gasteiger partial charge in [-0.25, -0.2) is 0 Å². The number of ether oxygens (including phenoxy) is 1. The molecule has 5 heteroatoms. The van der Waals surface area contributed by atoms with E-state index in [-0.39, 0.29) is 12.0 Å².